The van der Waals surface area contributed by atoms with Crippen molar-refractivity contribution in [2.75, 3.05) is 7.11 Å². The fourth-order valence-corrected chi connectivity index (χ4v) is 4.02. The zero-order chi connectivity index (χ0) is 12.7. The molecule has 0 aromatic heterocycles. The molecule has 0 spiro atoms. The highest BCUT2D eigenvalue weighted by atomic mass is 79.9. The first-order chi connectivity index (χ1) is 7.97. The molecule has 0 unspecified atom stereocenters. The van der Waals surface area contributed by atoms with E-state index >= 15 is 0 Å². The highest BCUT2D eigenvalue weighted by Gasteiger charge is 2.56. The van der Waals surface area contributed by atoms with E-state index in [0.717, 1.165) is 0 Å². The number of benzene rings is 1. The Morgan fingerprint density at radius 1 is 1.47 bits per heavy atom. The number of nitriles is 1. The Bertz CT molecular complexity index is 600. The van der Waals surface area contributed by atoms with E-state index in [1.807, 2.05) is 6.07 Å². The van der Waals surface area contributed by atoms with Crippen LogP contribution in [0.1, 0.15) is 12.8 Å². The van der Waals surface area contributed by atoms with E-state index in [1.165, 1.54) is 13.2 Å². The molecule has 90 valence electrons. The van der Waals surface area contributed by atoms with E-state index in [2.05, 4.69) is 15.9 Å². The van der Waals surface area contributed by atoms with Crippen LogP contribution in [0.25, 0.3) is 0 Å². The van der Waals surface area contributed by atoms with E-state index in [-0.39, 0.29) is 10.6 Å². The van der Waals surface area contributed by atoms with Crippen LogP contribution < -0.4 is 4.74 Å². The molecule has 0 aliphatic heterocycles. The molecule has 0 radical (unpaired) electrons. The molecule has 1 aromatic carbocycles. The summed E-state index contributed by atoms with van der Waals surface area (Å²) >= 11 is 3.22. The number of nitrogens with zero attached hydrogens (tertiary/aromatic N) is 1. The summed E-state index contributed by atoms with van der Waals surface area (Å²) in [7, 11) is -2.25. The maximum absolute atomic E-state index is 12.4. The van der Waals surface area contributed by atoms with Gasteiger partial charge in [-0.3, -0.25) is 0 Å². The molecule has 1 aliphatic rings. The van der Waals surface area contributed by atoms with Crippen molar-refractivity contribution in [2.45, 2.75) is 22.5 Å². The van der Waals surface area contributed by atoms with Crippen molar-refractivity contribution in [3.63, 3.8) is 0 Å². The molecule has 0 atom stereocenters. The normalized spacial score (nSPS) is 17.2. The lowest BCUT2D eigenvalue weighted by Crippen LogP contribution is -2.21. The lowest BCUT2D eigenvalue weighted by molar-refractivity contribution is 0.402. The number of halogens is 1. The van der Waals surface area contributed by atoms with Crippen LogP contribution in [0, 0.1) is 11.3 Å². The van der Waals surface area contributed by atoms with Gasteiger partial charge in [0.1, 0.15) is 10.6 Å². The van der Waals surface area contributed by atoms with Gasteiger partial charge in [0.2, 0.25) is 9.84 Å². The first kappa shape index (κ1) is 12.4. The largest absolute Gasteiger partial charge is 0.495 e. The van der Waals surface area contributed by atoms with Gasteiger partial charge in [-0.25, -0.2) is 8.42 Å². The fraction of sp³-hybridized carbons (Fsp3) is 0.364. The molecule has 0 heterocycles. The molecule has 4 nitrogen and oxygen atoms in total. The molecule has 1 aliphatic carbocycles. The summed E-state index contributed by atoms with van der Waals surface area (Å²) in [6, 6.07) is 6.65. The minimum absolute atomic E-state index is 0.0772. The van der Waals surface area contributed by atoms with Crippen LogP contribution in [0.15, 0.2) is 27.6 Å². The smallest absolute Gasteiger partial charge is 0.201 e. The Balaban J connectivity index is 2.62. The number of sulfone groups is 1. The van der Waals surface area contributed by atoms with E-state index in [0.29, 0.717) is 17.3 Å². The molecule has 0 saturated heterocycles. The van der Waals surface area contributed by atoms with Crippen molar-refractivity contribution in [3.05, 3.63) is 22.7 Å². The maximum Gasteiger partial charge on any atom is 0.201 e. The van der Waals surface area contributed by atoms with Gasteiger partial charge in [-0.2, -0.15) is 5.26 Å². The monoisotopic (exact) mass is 315 g/mol. The van der Waals surface area contributed by atoms with Gasteiger partial charge in [-0.15, -0.1) is 0 Å². The Morgan fingerprint density at radius 2 is 2.12 bits per heavy atom. The van der Waals surface area contributed by atoms with Crippen molar-refractivity contribution in [1.29, 1.82) is 5.26 Å². The molecule has 0 N–H and O–H groups in total. The predicted molar refractivity (Wildman–Crippen MR) is 65.5 cm³/mol. The van der Waals surface area contributed by atoms with Gasteiger partial charge >= 0.3 is 0 Å². The molecule has 17 heavy (non-hydrogen) atoms. The Kier molecular flexibility index (Phi) is 2.92. The molecule has 6 heteroatoms. The number of hydrogen-bond donors (Lipinski definition) is 0. The average Bonchev–Trinajstić information content (AvgIpc) is 3.10. The van der Waals surface area contributed by atoms with Gasteiger partial charge in [0.15, 0.2) is 4.75 Å². The third-order valence-corrected chi connectivity index (χ3v) is 5.76. The second-order valence-corrected chi connectivity index (χ2v) is 7.05. The fourth-order valence-electron chi connectivity index (χ4n) is 1.63. The Labute approximate surface area is 108 Å². The van der Waals surface area contributed by atoms with Crippen molar-refractivity contribution in [1.82, 2.24) is 0 Å². The van der Waals surface area contributed by atoms with Crippen LogP contribution in [0.4, 0.5) is 0 Å². The van der Waals surface area contributed by atoms with Crippen LogP contribution in [0.2, 0.25) is 0 Å². The Hall–Kier alpha value is -1.06. The van der Waals surface area contributed by atoms with Gasteiger partial charge in [0.05, 0.1) is 13.2 Å². The van der Waals surface area contributed by atoms with E-state index < -0.39 is 14.6 Å². The minimum atomic E-state index is -3.66. The van der Waals surface area contributed by atoms with Gasteiger partial charge in [-0.1, -0.05) is 15.9 Å². The van der Waals surface area contributed by atoms with Crippen LogP contribution in [-0.4, -0.2) is 20.3 Å². The van der Waals surface area contributed by atoms with Gasteiger partial charge in [0, 0.05) is 4.47 Å². The summed E-state index contributed by atoms with van der Waals surface area (Å²) in [5, 5.41) is 9.00. The highest BCUT2D eigenvalue weighted by molar-refractivity contribution is 9.10. The topological polar surface area (TPSA) is 67.2 Å². The van der Waals surface area contributed by atoms with E-state index in [9.17, 15) is 8.42 Å². The number of rotatable bonds is 3. The molecular formula is C11H10BrNO3S. The van der Waals surface area contributed by atoms with Gasteiger partial charge < -0.3 is 4.74 Å². The average molecular weight is 316 g/mol. The molecule has 1 aromatic rings. The van der Waals surface area contributed by atoms with Crippen LogP contribution in [0.5, 0.6) is 5.75 Å². The molecule has 0 bridgehead atoms. The lowest BCUT2D eigenvalue weighted by atomic mass is 10.3. The third-order valence-electron chi connectivity index (χ3n) is 2.84. The van der Waals surface area contributed by atoms with Crippen LogP contribution in [0.3, 0.4) is 0 Å². The van der Waals surface area contributed by atoms with E-state index in [4.69, 9.17) is 10.00 Å². The lowest BCUT2D eigenvalue weighted by Gasteiger charge is -2.12. The first-order valence-electron chi connectivity index (χ1n) is 4.96. The SMILES string of the molecule is COc1ccc(Br)cc1S(=O)(=O)C1(C#N)CC1. The molecule has 1 fully saturated rings. The number of ether oxygens (including phenoxy) is 1. The summed E-state index contributed by atoms with van der Waals surface area (Å²) in [5.74, 6) is 0.273. The second kappa shape index (κ2) is 4.00. The molecule has 0 amide bonds. The van der Waals surface area contributed by atoms with Crippen molar-refractivity contribution in [2.24, 2.45) is 0 Å². The molecular weight excluding hydrogens is 306 g/mol. The Morgan fingerprint density at radius 3 is 2.59 bits per heavy atom. The zero-order valence-corrected chi connectivity index (χ0v) is 11.5. The summed E-state index contributed by atoms with van der Waals surface area (Å²) in [5.41, 5.74) is 0. The van der Waals surface area contributed by atoms with Crippen molar-refractivity contribution >= 4 is 25.8 Å². The highest BCUT2D eigenvalue weighted by Crippen LogP contribution is 2.48. The number of methoxy groups -OCH3 is 1. The van der Waals surface area contributed by atoms with Gasteiger partial charge in [0.25, 0.3) is 0 Å². The van der Waals surface area contributed by atoms with Gasteiger partial charge in [-0.05, 0) is 31.0 Å². The van der Waals surface area contributed by atoms with E-state index in [1.54, 1.807) is 12.1 Å². The summed E-state index contributed by atoms with van der Waals surface area (Å²) in [6.07, 6.45) is 0.781. The standard InChI is InChI=1S/C11H10BrNO3S/c1-16-9-3-2-8(12)6-10(9)17(14,15)11(7-13)4-5-11/h2-3,6H,4-5H2,1H3. The number of hydrogen-bond acceptors (Lipinski definition) is 4. The molecule has 2 rings (SSSR count). The zero-order valence-electron chi connectivity index (χ0n) is 9.10. The minimum Gasteiger partial charge on any atom is -0.495 e. The van der Waals surface area contributed by atoms with Crippen LogP contribution in [-0.2, 0) is 9.84 Å². The quantitative estimate of drug-likeness (QED) is 0.858. The second-order valence-electron chi connectivity index (χ2n) is 3.90. The van der Waals surface area contributed by atoms with Crippen molar-refractivity contribution < 1.29 is 13.2 Å². The van der Waals surface area contributed by atoms with Crippen molar-refractivity contribution in [3.8, 4) is 11.8 Å². The maximum atomic E-state index is 12.4. The molecule has 1 saturated carbocycles. The summed E-state index contributed by atoms with van der Waals surface area (Å²) < 4.78 is 29.2. The summed E-state index contributed by atoms with van der Waals surface area (Å²) in [6.45, 7) is 0. The summed E-state index contributed by atoms with van der Waals surface area (Å²) in [4.78, 5) is 0.0772. The van der Waals surface area contributed by atoms with Crippen LogP contribution >= 0.6 is 15.9 Å². The third kappa shape index (κ3) is 1.83. The first-order valence-corrected chi connectivity index (χ1v) is 7.24. The predicted octanol–water partition coefficient (Wildman–Crippen LogP) is 2.29.